The first-order valence-electron chi connectivity index (χ1n) is 12.8. The van der Waals surface area contributed by atoms with E-state index in [-0.39, 0.29) is 52.9 Å². The van der Waals surface area contributed by atoms with E-state index in [4.69, 9.17) is 21.7 Å². The van der Waals surface area contributed by atoms with E-state index in [1.54, 1.807) is 36.4 Å². The van der Waals surface area contributed by atoms with E-state index in [9.17, 15) is 28.8 Å². The zero-order chi connectivity index (χ0) is 31.7. The van der Waals surface area contributed by atoms with E-state index in [0.717, 1.165) is 0 Å². The molecule has 2 rings (SSSR count). The second kappa shape index (κ2) is 20.6. The smallest absolute Gasteiger partial charge is 0.337 e. The number of carboxylic acids is 2. The largest absolute Gasteiger partial charge is 0.480 e. The van der Waals surface area contributed by atoms with Gasteiger partial charge in [0.15, 0.2) is 0 Å². The quantitative estimate of drug-likeness (QED) is 0.0944. The summed E-state index contributed by atoms with van der Waals surface area (Å²) in [7, 11) is 2.53. The van der Waals surface area contributed by atoms with Gasteiger partial charge in [0.05, 0.1) is 25.3 Å². The van der Waals surface area contributed by atoms with Gasteiger partial charge in [0.25, 0.3) is 11.8 Å². The standard InChI is InChI=1S/2C14H18N2O5.Cu/c2*1-21-14(20)10-5-2-4-9(8-10)12(17)16-7-3-6-11(15)13(18)19;/h2*2,4-5,8,11H,3,6-7,15H2,1H3,(H,16,17)(H,18,19);/t2*11-;/m00./s1. The fourth-order valence-electron chi connectivity index (χ4n) is 3.31. The molecule has 0 saturated heterocycles. The van der Waals surface area contributed by atoms with Crippen LogP contribution in [0.5, 0.6) is 0 Å². The molecule has 15 heteroatoms. The number of carbonyl (C=O) groups is 6. The number of ether oxygens (including phenoxy) is 2. The number of aliphatic carboxylic acids is 2. The van der Waals surface area contributed by atoms with Crippen LogP contribution in [-0.4, -0.2) is 85.3 Å². The SMILES string of the molecule is COC(=O)c1cccc(C(=O)NCCC[C@H](N)C(=O)O)c1.COC(=O)c1cccc(C(=O)NCCC[C@H](N)C(=O)O)c1.[Cu]. The van der Waals surface area contributed by atoms with E-state index in [2.05, 4.69) is 20.1 Å². The van der Waals surface area contributed by atoms with Crippen molar-refractivity contribution in [2.24, 2.45) is 11.5 Å². The van der Waals surface area contributed by atoms with E-state index < -0.39 is 36.0 Å². The molecule has 2 atom stereocenters. The van der Waals surface area contributed by atoms with Crippen molar-refractivity contribution in [3.8, 4) is 0 Å². The summed E-state index contributed by atoms with van der Waals surface area (Å²) >= 11 is 0. The average molecular weight is 652 g/mol. The first kappa shape index (κ1) is 38.7. The molecule has 2 aromatic rings. The number of carbonyl (C=O) groups excluding carboxylic acids is 4. The number of rotatable bonds is 14. The predicted molar refractivity (Wildman–Crippen MR) is 150 cm³/mol. The molecule has 14 nitrogen and oxygen atoms in total. The van der Waals surface area contributed by atoms with Crippen LogP contribution >= 0.6 is 0 Å². The molecular formula is C28H36CuN4O10. The summed E-state index contributed by atoms with van der Waals surface area (Å²) in [6.45, 7) is 0.616. The molecule has 0 aliphatic rings. The summed E-state index contributed by atoms with van der Waals surface area (Å²) in [5.41, 5.74) is 11.9. The van der Waals surface area contributed by atoms with Gasteiger partial charge in [0.1, 0.15) is 12.1 Å². The van der Waals surface area contributed by atoms with Gasteiger partial charge >= 0.3 is 23.9 Å². The molecule has 0 fully saturated rings. The van der Waals surface area contributed by atoms with E-state index in [1.807, 2.05) is 0 Å². The molecule has 0 spiro atoms. The Labute approximate surface area is 258 Å². The molecular weight excluding hydrogens is 616 g/mol. The third-order valence-corrected chi connectivity index (χ3v) is 5.68. The van der Waals surface area contributed by atoms with Crippen LogP contribution in [0.4, 0.5) is 0 Å². The summed E-state index contributed by atoms with van der Waals surface area (Å²) in [6, 6.07) is 10.4. The summed E-state index contributed by atoms with van der Waals surface area (Å²) < 4.78 is 9.16. The van der Waals surface area contributed by atoms with Gasteiger partial charge in [0.2, 0.25) is 0 Å². The van der Waals surface area contributed by atoms with Crippen molar-refractivity contribution in [1.82, 2.24) is 10.6 Å². The average Bonchev–Trinajstić information content (AvgIpc) is 3.00. The Morgan fingerprint density at radius 3 is 1.30 bits per heavy atom. The van der Waals surface area contributed by atoms with Gasteiger partial charge < -0.3 is 41.8 Å². The number of methoxy groups -OCH3 is 2. The van der Waals surface area contributed by atoms with Gasteiger partial charge in [-0.15, -0.1) is 0 Å². The molecule has 2 aromatic carbocycles. The Morgan fingerprint density at radius 2 is 1.00 bits per heavy atom. The minimum Gasteiger partial charge on any atom is -0.480 e. The van der Waals surface area contributed by atoms with Crippen molar-refractivity contribution in [2.45, 2.75) is 37.8 Å². The minimum absolute atomic E-state index is 0. The van der Waals surface area contributed by atoms with E-state index in [0.29, 0.717) is 37.1 Å². The maximum Gasteiger partial charge on any atom is 0.337 e. The number of nitrogens with two attached hydrogens (primary N) is 2. The van der Waals surface area contributed by atoms with Gasteiger partial charge in [-0.25, -0.2) is 9.59 Å². The van der Waals surface area contributed by atoms with Gasteiger partial charge in [-0.05, 0) is 62.1 Å². The van der Waals surface area contributed by atoms with Crippen LogP contribution in [0.1, 0.15) is 67.1 Å². The van der Waals surface area contributed by atoms with Crippen molar-refractivity contribution >= 4 is 35.7 Å². The van der Waals surface area contributed by atoms with Crippen molar-refractivity contribution in [3.63, 3.8) is 0 Å². The third-order valence-electron chi connectivity index (χ3n) is 5.68. The number of carboxylic acid groups (broad SMARTS) is 2. The normalized spacial score (nSPS) is 11.3. The summed E-state index contributed by atoms with van der Waals surface area (Å²) in [5.74, 6) is -3.84. The summed E-state index contributed by atoms with van der Waals surface area (Å²) in [6.07, 6.45) is 1.46. The first-order chi connectivity index (χ1) is 19.9. The number of amides is 2. The fraction of sp³-hybridized carbons (Fsp3) is 0.357. The predicted octanol–water partition coefficient (Wildman–Crippen LogP) is 0.788. The zero-order valence-electron chi connectivity index (χ0n) is 23.6. The second-order valence-electron chi connectivity index (χ2n) is 8.83. The second-order valence-corrected chi connectivity index (χ2v) is 8.83. The summed E-state index contributed by atoms with van der Waals surface area (Å²) in [4.78, 5) is 67.5. The van der Waals surface area contributed by atoms with Crippen LogP contribution in [0.3, 0.4) is 0 Å². The Bertz CT molecular complexity index is 1160. The van der Waals surface area contributed by atoms with Gasteiger partial charge in [0, 0.05) is 41.3 Å². The maximum absolute atomic E-state index is 11.9. The Morgan fingerprint density at radius 1 is 0.674 bits per heavy atom. The molecule has 43 heavy (non-hydrogen) atoms. The van der Waals surface area contributed by atoms with Gasteiger partial charge in [-0.1, -0.05) is 12.1 Å². The Balaban J connectivity index is 0.000000802. The van der Waals surface area contributed by atoms with Crippen molar-refractivity contribution < 1.29 is 65.5 Å². The minimum atomic E-state index is -1.06. The molecule has 0 bridgehead atoms. The Kier molecular flexibility index (Phi) is 18.5. The molecule has 0 heterocycles. The zero-order valence-corrected chi connectivity index (χ0v) is 24.6. The topological polar surface area (TPSA) is 237 Å². The van der Waals surface area contributed by atoms with Crippen LogP contribution < -0.4 is 22.1 Å². The molecule has 8 N–H and O–H groups in total. The molecule has 0 unspecified atom stereocenters. The summed E-state index contributed by atoms with van der Waals surface area (Å²) in [5, 5.41) is 22.5. The molecule has 0 saturated carbocycles. The van der Waals surface area contributed by atoms with Gasteiger partial charge in [-0.3, -0.25) is 19.2 Å². The van der Waals surface area contributed by atoms with Crippen LogP contribution in [0.15, 0.2) is 48.5 Å². The number of benzene rings is 2. The number of hydrogen-bond donors (Lipinski definition) is 6. The van der Waals surface area contributed by atoms with Crippen molar-refractivity contribution in [1.29, 1.82) is 0 Å². The monoisotopic (exact) mass is 651 g/mol. The molecule has 1 radical (unpaired) electrons. The van der Waals surface area contributed by atoms with Crippen molar-refractivity contribution in [2.75, 3.05) is 27.3 Å². The molecule has 2 amide bonds. The van der Waals surface area contributed by atoms with E-state index >= 15 is 0 Å². The molecule has 0 aliphatic carbocycles. The van der Waals surface area contributed by atoms with Crippen molar-refractivity contribution in [3.05, 3.63) is 70.8 Å². The molecule has 239 valence electrons. The van der Waals surface area contributed by atoms with Crippen LogP contribution in [0, 0.1) is 0 Å². The van der Waals surface area contributed by atoms with Crippen LogP contribution in [0.2, 0.25) is 0 Å². The fourth-order valence-corrected chi connectivity index (χ4v) is 3.31. The number of esters is 2. The molecule has 0 aromatic heterocycles. The van der Waals surface area contributed by atoms with E-state index in [1.165, 1.54) is 26.4 Å². The van der Waals surface area contributed by atoms with Crippen LogP contribution in [0.25, 0.3) is 0 Å². The van der Waals surface area contributed by atoms with Crippen LogP contribution in [-0.2, 0) is 36.1 Å². The third kappa shape index (κ3) is 14.4. The number of hydrogen-bond acceptors (Lipinski definition) is 10. The Hall–Kier alpha value is -4.30. The first-order valence-corrected chi connectivity index (χ1v) is 12.8. The molecule has 0 aliphatic heterocycles. The number of nitrogens with one attached hydrogen (secondary N) is 2. The maximum atomic E-state index is 11.9. The van der Waals surface area contributed by atoms with Gasteiger partial charge in [-0.2, -0.15) is 0 Å².